The molecule has 212 valence electrons. The quantitative estimate of drug-likeness (QED) is 0.133. The zero-order valence-electron chi connectivity index (χ0n) is 22.6. The molecule has 2 heterocycles. The summed E-state index contributed by atoms with van der Waals surface area (Å²) < 4.78 is 22.6. The van der Waals surface area contributed by atoms with Crippen molar-refractivity contribution in [1.82, 2.24) is 10.1 Å². The van der Waals surface area contributed by atoms with Crippen molar-refractivity contribution in [2.24, 2.45) is 0 Å². The van der Waals surface area contributed by atoms with Gasteiger partial charge in [0.2, 0.25) is 0 Å². The summed E-state index contributed by atoms with van der Waals surface area (Å²) in [6.07, 6.45) is 2.65. The largest absolute Gasteiger partial charge is 0.489 e. The molecule has 1 aliphatic carbocycles. The smallest absolute Gasteiger partial charge is 0.340 e. The second-order valence-corrected chi connectivity index (χ2v) is 11.0. The number of esters is 1. The van der Waals surface area contributed by atoms with Gasteiger partial charge in [0, 0.05) is 35.1 Å². The third kappa shape index (κ3) is 5.58. The molecule has 3 aromatic carbocycles. The summed E-state index contributed by atoms with van der Waals surface area (Å²) in [5.41, 5.74) is 4.33. The number of aryl methyl sites for hydroxylation is 1. The van der Waals surface area contributed by atoms with E-state index < -0.39 is 5.97 Å². The Morgan fingerprint density at radius 2 is 1.83 bits per heavy atom. The lowest BCUT2D eigenvalue weighted by atomic mass is 10.0. The van der Waals surface area contributed by atoms with Gasteiger partial charge in [-0.2, -0.15) is 0 Å². The SMILES string of the molecule is CCc1nc2c(C(=O)OC)cc(C#Cc3ccc(OCc4c(-c5c(Cl)cccc5Cl)noc4C4CC4)cc3Cl)cc2o1. The number of carbonyl (C=O) groups is 1. The molecule has 1 saturated carbocycles. The number of oxazole rings is 1. The van der Waals surface area contributed by atoms with Gasteiger partial charge in [-0.3, -0.25) is 0 Å². The average Bonchev–Trinajstić information content (AvgIpc) is 3.61. The van der Waals surface area contributed by atoms with Crippen molar-refractivity contribution in [3.8, 4) is 28.8 Å². The summed E-state index contributed by atoms with van der Waals surface area (Å²) in [6, 6.07) is 13.9. The van der Waals surface area contributed by atoms with Crippen molar-refractivity contribution < 1.29 is 23.2 Å². The molecule has 1 aliphatic rings. The predicted molar refractivity (Wildman–Crippen MR) is 160 cm³/mol. The van der Waals surface area contributed by atoms with Crippen LogP contribution >= 0.6 is 34.8 Å². The van der Waals surface area contributed by atoms with Gasteiger partial charge in [-0.05, 0) is 49.2 Å². The number of halogens is 3. The molecule has 42 heavy (non-hydrogen) atoms. The van der Waals surface area contributed by atoms with Crippen LogP contribution in [0.3, 0.4) is 0 Å². The molecule has 1 fully saturated rings. The van der Waals surface area contributed by atoms with E-state index >= 15 is 0 Å². The summed E-state index contributed by atoms with van der Waals surface area (Å²) in [4.78, 5) is 16.8. The molecule has 5 aromatic rings. The molecule has 0 atom stereocenters. The number of fused-ring (bicyclic) bond motifs is 1. The summed E-state index contributed by atoms with van der Waals surface area (Å²) in [5.74, 6) is 7.77. The minimum Gasteiger partial charge on any atom is -0.489 e. The molecule has 10 heteroatoms. The van der Waals surface area contributed by atoms with Crippen molar-refractivity contribution >= 4 is 51.9 Å². The number of hydrogen-bond acceptors (Lipinski definition) is 7. The van der Waals surface area contributed by atoms with Crippen molar-refractivity contribution in [3.63, 3.8) is 0 Å². The number of ether oxygens (including phenoxy) is 2. The standard InChI is InChI=1S/C32H23Cl3N2O5/c1-3-27-36-29-21(32(38)39-2)13-17(14-26(29)41-27)7-8-18-11-12-20(15-25(18)35)40-16-22-30(37-42-31(22)19-9-10-19)28-23(33)5-4-6-24(28)34/h4-6,11-15,19H,3,9-10,16H2,1-2H3. The van der Waals surface area contributed by atoms with Crippen LogP contribution in [0.4, 0.5) is 0 Å². The third-order valence-electron chi connectivity index (χ3n) is 6.88. The number of rotatable bonds is 7. The fourth-order valence-electron chi connectivity index (χ4n) is 4.59. The van der Waals surface area contributed by atoms with Gasteiger partial charge in [0.15, 0.2) is 11.5 Å². The molecule has 0 radical (unpaired) electrons. The van der Waals surface area contributed by atoms with E-state index in [4.69, 9.17) is 53.2 Å². The Bertz CT molecular complexity index is 1880. The first-order chi connectivity index (χ1) is 20.4. The predicted octanol–water partition coefficient (Wildman–Crippen LogP) is 8.65. The number of carbonyl (C=O) groups excluding carboxylic acids is 1. The fraction of sp³-hybridized carbons (Fsp3) is 0.219. The van der Waals surface area contributed by atoms with Crippen molar-refractivity contribution in [3.05, 3.63) is 97.5 Å². The van der Waals surface area contributed by atoms with Gasteiger partial charge in [-0.25, -0.2) is 9.78 Å². The first-order valence-electron chi connectivity index (χ1n) is 13.2. The van der Waals surface area contributed by atoms with Gasteiger partial charge >= 0.3 is 5.97 Å². The number of nitrogens with zero attached hydrogens (tertiary/aromatic N) is 2. The Hall–Kier alpha value is -3.96. The zero-order valence-corrected chi connectivity index (χ0v) is 24.9. The van der Waals surface area contributed by atoms with Crippen molar-refractivity contribution in [2.75, 3.05) is 7.11 Å². The molecule has 7 nitrogen and oxygen atoms in total. The summed E-state index contributed by atoms with van der Waals surface area (Å²) in [6.45, 7) is 2.12. The highest BCUT2D eigenvalue weighted by Gasteiger charge is 2.33. The van der Waals surface area contributed by atoms with Crippen LogP contribution in [-0.4, -0.2) is 23.2 Å². The van der Waals surface area contributed by atoms with Crippen molar-refractivity contribution in [1.29, 1.82) is 0 Å². The molecule has 0 bridgehead atoms. The van der Waals surface area contributed by atoms with E-state index in [0.29, 0.717) is 72.5 Å². The molecule has 0 amide bonds. The van der Waals surface area contributed by atoms with Crippen LogP contribution in [0.2, 0.25) is 15.1 Å². The second kappa shape index (κ2) is 11.7. The topological polar surface area (TPSA) is 87.6 Å². The maximum atomic E-state index is 12.4. The normalized spacial score (nSPS) is 12.7. The van der Waals surface area contributed by atoms with Crippen LogP contribution in [0.5, 0.6) is 5.75 Å². The van der Waals surface area contributed by atoms with Crippen LogP contribution < -0.4 is 4.74 Å². The Labute approximate surface area is 256 Å². The summed E-state index contributed by atoms with van der Waals surface area (Å²) in [5, 5.41) is 5.68. The number of aromatic nitrogens is 2. The number of methoxy groups -OCH3 is 1. The van der Waals surface area contributed by atoms with Crippen LogP contribution in [0, 0.1) is 11.8 Å². The first-order valence-corrected chi connectivity index (χ1v) is 14.4. The van der Waals surface area contributed by atoms with E-state index in [-0.39, 0.29) is 12.2 Å². The average molecular weight is 622 g/mol. The van der Waals surface area contributed by atoms with Crippen molar-refractivity contribution in [2.45, 2.75) is 38.7 Å². The molecule has 0 spiro atoms. The molecule has 0 unspecified atom stereocenters. The molecule has 0 N–H and O–H groups in total. The molecule has 0 aliphatic heterocycles. The Morgan fingerprint density at radius 3 is 2.52 bits per heavy atom. The van der Waals surface area contributed by atoms with E-state index in [0.717, 1.165) is 24.2 Å². The maximum Gasteiger partial charge on any atom is 0.340 e. The van der Waals surface area contributed by atoms with Crippen LogP contribution in [0.25, 0.3) is 22.4 Å². The van der Waals surface area contributed by atoms with E-state index in [9.17, 15) is 4.79 Å². The van der Waals surface area contributed by atoms with Crippen LogP contribution in [0.15, 0.2) is 57.5 Å². The number of benzene rings is 3. The van der Waals surface area contributed by atoms with Gasteiger partial charge in [0.05, 0.1) is 33.3 Å². The summed E-state index contributed by atoms with van der Waals surface area (Å²) in [7, 11) is 1.32. The summed E-state index contributed by atoms with van der Waals surface area (Å²) >= 11 is 19.5. The monoisotopic (exact) mass is 620 g/mol. The van der Waals surface area contributed by atoms with Gasteiger partial charge < -0.3 is 18.4 Å². The lowest BCUT2D eigenvalue weighted by Gasteiger charge is -2.10. The third-order valence-corrected chi connectivity index (χ3v) is 7.82. The van der Waals surface area contributed by atoms with E-state index in [2.05, 4.69) is 22.0 Å². The fourth-order valence-corrected chi connectivity index (χ4v) is 5.39. The number of hydrogen-bond donors (Lipinski definition) is 0. The van der Waals surface area contributed by atoms with Gasteiger partial charge in [0.1, 0.15) is 29.3 Å². The van der Waals surface area contributed by atoms with E-state index in [1.807, 2.05) is 6.92 Å². The Kier molecular flexibility index (Phi) is 7.87. The van der Waals surface area contributed by atoms with Crippen LogP contribution in [-0.2, 0) is 17.8 Å². The molecular weight excluding hydrogens is 599 g/mol. The maximum absolute atomic E-state index is 12.4. The van der Waals surface area contributed by atoms with E-state index in [1.54, 1.807) is 48.5 Å². The van der Waals surface area contributed by atoms with Gasteiger partial charge in [-0.15, -0.1) is 0 Å². The highest BCUT2D eigenvalue weighted by molar-refractivity contribution is 6.39. The molecule has 0 saturated heterocycles. The second-order valence-electron chi connectivity index (χ2n) is 9.75. The Morgan fingerprint density at radius 1 is 1.05 bits per heavy atom. The molecule has 2 aromatic heterocycles. The van der Waals surface area contributed by atoms with Gasteiger partial charge in [-0.1, -0.05) is 64.8 Å². The minimum absolute atomic E-state index is 0.195. The Balaban J connectivity index is 1.25. The van der Waals surface area contributed by atoms with Crippen LogP contribution in [0.1, 0.15) is 64.4 Å². The minimum atomic E-state index is -0.517. The zero-order chi connectivity index (χ0) is 29.4. The highest BCUT2D eigenvalue weighted by Crippen LogP contribution is 2.46. The molecule has 6 rings (SSSR count). The molecular formula is C32H23Cl3N2O5. The first kappa shape index (κ1) is 28.2. The highest BCUT2D eigenvalue weighted by atomic mass is 35.5. The van der Waals surface area contributed by atoms with Gasteiger partial charge in [0.25, 0.3) is 0 Å². The van der Waals surface area contributed by atoms with E-state index in [1.165, 1.54) is 7.11 Å². The lowest BCUT2D eigenvalue weighted by Crippen LogP contribution is -2.02. The lowest BCUT2D eigenvalue weighted by molar-refractivity contribution is 0.0602.